The fraction of sp³-hybridized carbons (Fsp3) is 0.273. The normalized spacial score (nSPS) is 12.1. The van der Waals surface area contributed by atoms with Crippen molar-refractivity contribution >= 4 is 5.97 Å². The average molecular weight is 380 g/mol. The van der Waals surface area contributed by atoms with Gasteiger partial charge in [0.2, 0.25) is 5.89 Å². The Labute approximate surface area is 164 Å². The Morgan fingerprint density at radius 3 is 2.46 bits per heavy atom. The van der Waals surface area contributed by atoms with Gasteiger partial charge in [-0.3, -0.25) is 4.90 Å². The van der Waals surface area contributed by atoms with Crippen LogP contribution in [0.25, 0.3) is 0 Å². The second-order valence-electron chi connectivity index (χ2n) is 6.50. The predicted molar refractivity (Wildman–Crippen MR) is 105 cm³/mol. The van der Waals surface area contributed by atoms with Crippen LogP contribution in [0, 0.1) is 0 Å². The van der Waals surface area contributed by atoms with E-state index >= 15 is 0 Å². The van der Waals surface area contributed by atoms with E-state index in [4.69, 9.17) is 14.3 Å². The van der Waals surface area contributed by atoms with Crippen LogP contribution < -0.4 is 4.74 Å². The zero-order valence-electron chi connectivity index (χ0n) is 16.0. The number of carboxylic acid groups (broad SMARTS) is 1. The van der Waals surface area contributed by atoms with E-state index in [1.54, 1.807) is 0 Å². The first-order chi connectivity index (χ1) is 13.6. The Hall–Kier alpha value is -3.12. The van der Waals surface area contributed by atoms with Crippen molar-refractivity contribution in [3.63, 3.8) is 0 Å². The van der Waals surface area contributed by atoms with Crippen molar-refractivity contribution in [2.75, 3.05) is 6.61 Å². The molecule has 1 aromatic heterocycles. The van der Waals surface area contributed by atoms with E-state index in [9.17, 15) is 4.79 Å². The maximum absolute atomic E-state index is 11.1. The lowest BCUT2D eigenvalue weighted by atomic mass is 10.1. The minimum atomic E-state index is -1.09. The van der Waals surface area contributed by atoms with Gasteiger partial charge in [0.25, 0.3) is 0 Å². The molecule has 1 unspecified atom stereocenters. The summed E-state index contributed by atoms with van der Waals surface area (Å²) in [5.41, 5.74) is 2.21. The minimum absolute atomic E-state index is 0.0802. The molecule has 1 heterocycles. The number of aromatic nitrogens is 1. The molecule has 0 amide bonds. The number of benzene rings is 2. The Kier molecular flexibility index (Phi) is 6.45. The lowest BCUT2D eigenvalue weighted by Crippen LogP contribution is -2.26. The number of ether oxygens (including phenoxy) is 1. The molecule has 6 nitrogen and oxygen atoms in total. The molecule has 0 saturated carbocycles. The molecule has 1 N–H and O–H groups in total. The third-order valence-electron chi connectivity index (χ3n) is 4.56. The van der Waals surface area contributed by atoms with E-state index < -0.39 is 5.97 Å². The Morgan fingerprint density at radius 1 is 1.14 bits per heavy atom. The predicted octanol–water partition coefficient (Wildman–Crippen LogP) is 4.53. The van der Waals surface area contributed by atoms with Crippen LogP contribution in [0.3, 0.4) is 0 Å². The van der Waals surface area contributed by atoms with Crippen molar-refractivity contribution in [1.29, 1.82) is 0 Å². The van der Waals surface area contributed by atoms with Gasteiger partial charge in [-0.15, -0.1) is 0 Å². The molecule has 0 aliphatic rings. The van der Waals surface area contributed by atoms with Crippen LogP contribution in [0.1, 0.15) is 47.4 Å². The van der Waals surface area contributed by atoms with Crippen LogP contribution in [0.5, 0.6) is 5.75 Å². The van der Waals surface area contributed by atoms with E-state index in [2.05, 4.69) is 28.9 Å². The molecule has 6 heteroatoms. The highest BCUT2D eigenvalue weighted by molar-refractivity contribution is 5.84. The van der Waals surface area contributed by atoms with Gasteiger partial charge < -0.3 is 14.3 Å². The summed E-state index contributed by atoms with van der Waals surface area (Å²) in [7, 11) is 0. The summed E-state index contributed by atoms with van der Waals surface area (Å²) in [6, 6.07) is 18.2. The van der Waals surface area contributed by atoms with E-state index in [0.717, 1.165) is 11.3 Å². The number of nitrogens with zero attached hydrogens (tertiary/aromatic N) is 2. The van der Waals surface area contributed by atoms with Gasteiger partial charge in [0.15, 0.2) is 5.69 Å². The van der Waals surface area contributed by atoms with Crippen molar-refractivity contribution in [2.24, 2.45) is 0 Å². The van der Waals surface area contributed by atoms with Crippen LogP contribution in [0.15, 0.2) is 65.3 Å². The van der Waals surface area contributed by atoms with E-state index in [-0.39, 0.29) is 11.7 Å². The molecule has 0 bridgehead atoms. The monoisotopic (exact) mass is 380 g/mol. The molecule has 28 heavy (non-hydrogen) atoms. The number of aromatic carboxylic acids is 1. The summed E-state index contributed by atoms with van der Waals surface area (Å²) in [4.78, 5) is 17.4. The lowest BCUT2D eigenvalue weighted by Gasteiger charge is -2.28. The standard InChI is InChI=1S/C22H24N2O4/c1-3-27-19-11-9-17(10-12-19)13-24(16(2)18-7-5-4-6-8-18)14-21-23-20(15-28-21)22(25)26/h4-12,15-16H,3,13-14H2,1-2H3,(H,25,26). The molecular weight excluding hydrogens is 356 g/mol. The molecule has 3 aromatic rings. The molecule has 0 aliphatic heterocycles. The number of rotatable bonds is 9. The minimum Gasteiger partial charge on any atom is -0.494 e. The van der Waals surface area contributed by atoms with Gasteiger partial charge in [-0.25, -0.2) is 9.78 Å². The van der Waals surface area contributed by atoms with Gasteiger partial charge >= 0.3 is 5.97 Å². The summed E-state index contributed by atoms with van der Waals surface area (Å²) in [5, 5.41) is 9.08. The maximum atomic E-state index is 11.1. The number of hydrogen-bond acceptors (Lipinski definition) is 5. The van der Waals surface area contributed by atoms with Crippen LogP contribution in [0.2, 0.25) is 0 Å². The summed E-state index contributed by atoms with van der Waals surface area (Å²) in [6.07, 6.45) is 1.18. The first-order valence-corrected chi connectivity index (χ1v) is 9.25. The molecule has 3 rings (SSSR count). The molecule has 0 radical (unpaired) electrons. The first-order valence-electron chi connectivity index (χ1n) is 9.25. The molecule has 0 spiro atoms. The van der Waals surface area contributed by atoms with Gasteiger partial charge in [0, 0.05) is 12.6 Å². The number of oxazole rings is 1. The quantitative estimate of drug-likeness (QED) is 0.588. The smallest absolute Gasteiger partial charge is 0.357 e. The summed E-state index contributed by atoms with van der Waals surface area (Å²) < 4.78 is 10.9. The van der Waals surface area contributed by atoms with Gasteiger partial charge in [-0.05, 0) is 37.1 Å². The largest absolute Gasteiger partial charge is 0.494 e. The second kappa shape index (κ2) is 9.19. The fourth-order valence-electron chi connectivity index (χ4n) is 3.02. The highest BCUT2D eigenvalue weighted by Crippen LogP contribution is 2.25. The van der Waals surface area contributed by atoms with Gasteiger partial charge in [0.05, 0.1) is 13.2 Å². The highest BCUT2D eigenvalue weighted by atomic mass is 16.5. The van der Waals surface area contributed by atoms with Crippen molar-refractivity contribution in [1.82, 2.24) is 9.88 Å². The lowest BCUT2D eigenvalue weighted by molar-refractivity contribution is 0.0690. The van der Waals surface area contributed by atoms with E-state index in [0.29, 0.717) is 25.6 Å². The zero-order valence-corrected chi connectivity index (χ0v) is 16.0. The molecule has 1 atom stereocenters. The summed E-state index contributed by atoms with van der Waals surface area (Å²) in [5.74, 6) is 0.128. The van der Waals surface area contributed by atoms with Gasteiger partial charge in [-0.1, -0.05) is 42.5 Å². The molecule has 2 aromatic carbocycles. The summed E-state index contributed by atoms with van der Waals surface area (Å²) in [6.45, 7) is 5.76. The van der Waals surface area contributed by atoms with Crippen LogP contribution >= 0.6 is 0 Å². The number of hydrogen-bond donors (Lipinski definition) is 1. The third kappa shape index (κ3) is 4.98. The van der Waals surface area contributed by atoms with Gasteiger partial charge in [-0.2, -0.15) is 0 Å². The first kappa shape index (κ1) is 19.6. The Morgan fingerprint density at radius 2 is 1.86 bits per heavy atom. The Balaban J connectivity index is 1.81. The van der Waals surface area contributed by atoms with E-state index in [1.807, 2.05) is 49.4 Å². The zero-order chi connectivity index (χ0) is 19.9. The maximum Gasteiger partial charge on any atom is 0.357 e. The van der Waals surface area contributed by atoms with Crippen LogP contribution in [-0.2, 0) is 13.1 Å². The van der Waals surface area contributed by atoms with Crippen molar-refractivity contribution in [3.8, 4) is 5.75 Å². The average Bonchev–Trinajstić information content (AvgIpc) is 3.18. The SMILES string of the molecule is CCOc1ccc(CN(Cc2nc(C(=O)O)co2)C(C)c2ccccc2)cc1. The van der Waals surface area contributed by atoms with Crippen LogP contribution in [-0.4, -0.2) is 27.6 Å². The Bertz CT molecular complexity index is 890. The number of carboxylic acids is 1. The molecule has 146 valence electrons. The number of carbonyl (C=O) groups is 1. The van der Waals surface area contributed by atoms with Gasteiger partial charge in [0.1, 0.15) is 12.0 Å². The van der Waals surface area contributed by atoms with Crippen molar-refractivity contribution < 1.29 is 19.1 Å². The van der Waals surface area contributed by atoms with Crippen LogP contribution in [0.4, 0.5) is 0 Å². The topological polar surface area (TPSA) is 75.8 Å². The van der Waals surface area contributed by atoms with Crippen molar-refractivity contribution in [2.45, 2.75) is 33.0 Å². The van der Waals surface area contributed by atoms with E-state index in [1.165, 1.54) is 11.8 Å². The van der Waals surface area contributed by atoms with Crippen molar-refractivity contribution in [3.05, 3.63) is 83.6 Å². The highest BCUT2D eigenvalue weighted by Gasteiger charge is 2.20. The second-order valence-corrected chi connectivity index (χ2v) is 6.50. The fourth-order valence-corrected chi connectivity index (χ4v) is 3.02. The molecular formula is C22H24N2O4. The summed E-state index contributed by atoms with van der Waals surface area (Å²) >= 11 is 0. The molecule has 0 aliphatic carbocycles. The third-order valence-corrected chi connectivity index (χ3v) is 4.56. The molecule has 0 fully saturated rings. The molecule has 0 saturated heterocycles.